The van der Waals surface area contributed by atoms with Crippen molar-refractivity contribution in [2.24, 2.45) is 11.5 Å². The molecule has 0 aliphatic carbocycles. The number of amides is 1. The predicted molar refractivity (Wildman–Crippen MR) is 93.8 cm³/mol. The van der Waals surface area contributed by atoms with E-state index in [2.05, 4.69) is 6.92 Å². The summed E-state index contributed by atoms with van der Waals surface area (Å²) in [6.45, 7) is 4.10. The summed E-state index contributed by atoms with van der Waals surface area (Å²) in [7, 11) is 0. The van der Waals surface area contributed by atoms with E-state index in [1.807, 2.05) is 0 Å². The van der Waals surface area contributed by atoms with Crippen LogP contribution in [0.15, 0.2) is 0 Å². The molecule has 0 fully saturated rings. The van der Waals surface area contributed by atoms with Crippen molar-refractivity contribution >= 4 is 11.9 Å². The zero-order valence-electron chi connectivity index (χ0n) is 15.1. The Labute approximate surface area is 141 Å². The van der Waals surface area contributed by atoms with Crippen molar-refractivity contribution in [2.75, 3.05) is 6.54 Å². The summed E-state index contributed by atoms with van der Waals surface area (Å²) in [5.41, 5.74) is 9.90. The first kappa shape index (κ1) is 21.9. The molecule has 1 amide bonds. The van der Waals surface area contributed by atoms with Crippen molar-refractivity contribution < 1.29 is 14.3 Å². The van der Waals surface area contributed by atoms with Gasteiger partial charge in [-0.3, -0.25) is 9.59 Å². The lowest BCUT2D eigenvalue weighted by Gasteiger charge is -2.30. The molecule has 0 bridgehead atoms. The summed E-state index contributed by atoms with van der Waals surface area (Å²) in [5.74, 6) is -0.983. The van der Waals surface area contributed by atoms with E-state index in [1.165, 1.54) is 39.0 Å². The number of hydrogen-bond donors (Lipinski definition) is 2. The van der Waals surface area contributed by atoms with Crippen molar-refractivity contribution in [3.05, 3.63) is 0 Å². The molecule has 0 aromatic carbocycles. The van der Waals surface area contributed by atoms with Gasteiger partial charge in [0.15, 0.2) is 5.60 Å². The second-order valence-corrected chi connectivity index (χ2v) is 6.42. The number of nitrogens with two attached hydrogens (primary N) is 2. The van der Waals surface area contributed by atoms with E-state index < -0.39 is 17.5 Å². The molecule has 0 aliphatic rings. The molecule has 4 N–H and O–H groups in total. The molecule has 0 aromatic rings. The fraction of sp³-hybridized carbons (Fsp3) is 0.889. The Hall–Kier alpha value is -1.10. The Morgan fingerprint density at radius 1 is 0.870 bits per heavy atom. The Morgan fingerprint density at radius 3 is 1.78 bits per heavy atom. The molecule has 0 rings (SSSR count). The van der Waals surface area contributed by atoms with Crippen molar-refractivity contribution in [1.29, 1.82) is 0 Å². The smallest absolute Gasteiger partial charge is 0.303 e. The molecule has 0 aliphatic heterocycles. The molecule has 0 aromatic heterocycles. The van der Waals surface area contributed by atoms with Crippen molar-refractivity contribution in [3.63, 3.8) is 0 Å². The van der Waals surface area contributed by atoms with Crippen LogP contribution >= 0.6 is 0 Å². The minimum Gasteiger partial charge on any atom is -0.449 e. The highest BCUT2D eigenvalue weighted by Gasteiger charge is 2.38. The number of esters is 1. The second-order valence-electron chi connectivity index (χ2n) is 6.42. The van der Waals surface area contributed by atoms with Gasteiger partial charge in [-0.05, 0) is 38.6 Å². The molecule has 5 heteroatoms. The van der Waals surface area contributed by atoms with E-state index in [-0.39, 0.29) is 0 Å². The summed E-state index contributed by atoms with van der Waals surface area (Å²) >= 11 is 0. The van der Waals surface area contributed by atoms with E-state index in [1.54, 1.807) is 0 Å². The maximum absolute atomic E-state index is 11.9. The lowest BCUT2D eigenvalue weighted by atomic mass is 9.89. The number of hydrogen-bond acceptors (Lipinski definition) is 4. The van der Waals surface area contributed by atoms with Gasteiger partial charge in [0.25, 0.3) is 5.91 Å². The van der Waals surface area contributed by atoms with Crippen LogP contribution in [0.4, 0.5) is 0 Å². The summed E-state index contributed by atoms with van der Waals surface area (Å²) in [5, 5.41) is 0. The van der Waals surface area contributed by atoms with Gasteiger partial charge in [-0.25, -0.2) is 0 Å². The molecule has 136 valence electrons. The summed E-state index contributed by atoms with van der Waals surface area (Å²) in [6.07, 6.45) is 11.9. The monoisotopic (exact) mass is 328 g/mol. The predicted octanol–water partition coefficient (Wildman–Crippen LogP) is 3.43. The first-order valence-corrected chi connectivity index (χ1v) is 9.18. The number of ether oxygens (including phenoxy) is 1. The third-order valence-corrected chi connectivity index (χ3v) is 4.26. The average Bonchev–Trinajstić information content (AvgIpc) is 2.49. The van der Waals surface area contributed by atoms with Gasteiger partial charge in [-0.15, -0.1) is 0 Å². The van der Waals surface area contributed by atoms with Gasteiger partial charge < -0.3 is 16.2 Å². The highest BCUT2D eigenvalue weighted by molar-refractivity contribution is 5.86. The van der Waals surface area contributed by atoms with Gasteiger partial charge in [0.2, 0.25) is 0 Å². The number of primary amides is 1. The maximum atomic E-state index is 11.9. The Bertz CT molecular complexity index is 334. The quantitative estimate of drug-likeness (QED) is 0.355. The zero-order chi connectivity index (χ0) is 17.6. The van der Waals surface area contributed by atoms with Crippen LogP contribution in [0.5, 0.6) is 0 Å². The van der Waals surface area contributed by atoms with Crippen molar-refractivity contribution in [1.82, 2.24) is 0 Å². The summed E-state index contributed by atoms with van der Waals surface area (Å²) < 4.78 is 5.35. The van der Waals surface area contributed by atoms with Crippen LogP contribution in [0.25, 0.3) is 0 Å². The Balaban J connectivity index is 4.28. The van der Waals surface area contributed by atoms with Crippen molar-refractivity contribution in [3.8, 4) is 0 Å². The minimum absolute atomic E-state index is 0.448. The molecule has 1 unspecified atom stereocenters. The van der Waals surface area contributed by atoms with E-state index >= 15 is 0 Å². The molecule has 0 heterocycles. The highest BCUT2D eigenvalue weighted by Crippen LogP contribution is 2.27. The average molecular weight is 328 g/mol. The third-order valence-electron chi connectivity index (χ3n) is 4.26. The molecular weight excluding hydrogens is 292 g/mol. The largest absolute Gasteiger partial charge is 0.449 e. The number of unbranched alkanes of at least 4 members (excludes halogenated alkanes) is 8. The molecule has 0 saturated heterocycles. The summed E-state index contributed by atoms with van der Waals surface area (Å²) in [4.78, 5) is 23.3. The van der Waals surface area contributed by atoms with Crippen LogP contribution in [0.3, 0.4) is 0 Å². The van der Waals surface area contributed by atoms with Crippen LogP contribution in [-0.4, -0.2) is 24.0 Å². The zero-order valence-corrected chi connectivity index (χ0v) is 15.1. The standard InChI is InChI=1S/C18H36N2O3/c1-3-4-5-6-7-8-9-10-13-18(17(20)22,23-16(2)21)14-11-12-15-19/h3-15,19H2,1-2H3,(H2,20,22). The van der Waals surface area contributed by atoms with Gasteiger partial charge in [-0.2, -0.15) is 0 Å². The first-order chi connectivity index (χ1) is 11.0. The SMILES string of the molecule is CCCCCCCCCCC(CCCCN)(OC(C)=O)C(N)=O. The highest BCUT2D eigenvalue weighted by atomic mass is 16.6. The van der Waals surface area contributed by atoms with Crippen LogP contribution < -0.4 is 11.5 Å². The minimum atomic E-state index is -1.15. The Kier molecular flexibility index (Phi) is 12.7. The number of carbonyl (C=O) groups excluding carboxylic acids is 2. The van der Waals surface area contributed by atoms with E-state index in [0.29, 0.717) is 19.4 Å². The molecule has 23 heavy (non-hydrogen) atoms. The normalized spacial score (nSPS) is 13.5. The van der Waals surface area contributed by atoms with Crippen LogP contribution in [0, 0.1) is 0 Å². The topological polar surface area (TPSA) is 95.4 Å². The van der Waals surface area contributed by atoms with E-state index in [4.69, 9.17) is 16.2 Å². The third kappa shape index (κ3) is 10.3. The number of carbonyl (C=O) groups is 2. The molecular formula is C18H36N2O3. The van der Waals surface area contributed by atoms with Crippen LogP contribution in [0.1, 0.15) is 90.9 Å². The van der Waals surface area contributed by atoms with Gasteiger partial charge in [0.1, 0.15) is 0 Å². The molecule has 5 nitrogen and oxygen atoms in total. The summed E-state index contributed by atoms with van der Waals surface area (Å²) in [6, 6.07) is 0. The molecule has 0 spiro atoms. The lowest BCUT2D eigenvalue weighted by molar-refractivity contribution is -0.167. The Morgan fingerprint density at radius 2 is 1.35 bits per heavy atom. The maximum Gasteiger partial charge on any atom is 0.303 e. The van der Waals surface area contributed by atoms with Gasteiger partial charge in [-0.1, -0.05) is 51.9 Å². The van der Waals surface area contributed by atoms with Gasteiger partial charge in [0, 0.05) is 6.92 Å². The van der Waals surface area contributed by atoms with Crippen LogP contribution in [-0.2, 0) is 14.3 Å². The van der Waals surface area contributed by atoms with E-state index in [0.717, 1.165) is 32.1 Å². The van der Waals surface area contributed by atoms with Gasteiger partial charge >= 0.3 is 5.97 Å². The van der Waals surface area contributed by atoms with Gasteiger partial charge in [0.05, 0.1) is 0 Å². The first-order valence-electron chi connectivity index (χ1n) is 9.18. The molecule has 1 atom stereocenters. The fourth-order valence-electron chi connectivity index (χ4n) is 2.90. The van der Waals surface area contributed by atoms with Crippen molar-refractivity contribution in [2.45, 2.75) is 96.5 Å². The fourth-order valence-corrected chi connectivity index (χ4v) is 2.90. The van der Waals surface area contributed by atoms with Crippen LogP contribution in [0.2, 0.25) is 0 Å². The number of rotatable bonds is 15. The molecule has 0 saturated carbocycles. The second kappa shape index (κ2) is 13.3. The van der Waals surface area contributed by atoms with E-state index in [9.17, 15) is 9.59 Å². The lowest BCUT2D eigenvalue weighted by Crippen LogP contribution is -2.47. The molecule has 0 radical (unpaired) electrons.